The lowest BCUT2D eigenvalue weighted by Crippen LogP contribution is -2.62. The first kappa shape index (κ1) is 25.6. The van der Waals surface area contributed by atoms with Gasteiger partial charge in [0.1, 0.15) is 6.17 Å². The number of carbonyl (C=O) groups excluding carboxylic acids is 1. The van der Waals surface area contributed by atoms with Crippen molar-refractivity contribution in [2.45, 2.75) is 126 Å². The Balaban J connectivity index is 1.40. The molecular weight excluding hydrogens is 467 g/mol. The molecule has 1 heterocycles. The summed E-state index contributed by atoms with van der Waals surface area (Å²) in [6.45, 7) is 4.25. The number of hydrogen-bond acceptors (Lipinski definition) is 4. The lowest BCUT2D eigenvalue weighted by Gasteiger charge is -2.48. The van der Waals surface area contributed by atoms with Crippen molar-refractivity contribution in [1.82, 2.24) is 9.62 Å². The quantitative estimate of drug-likeness (QED) is 0.568. The number of hydrogen-bond donors (Lipinski definition) is 1. The first-order chi connectivity index (χ1) is 15.6. The van der Waals surface area contributed by atoms with E-state index in [9.17, 15) is 17.6 Å². The molecule has 5 atom stereocenters. The third-order valence-electron chi connectivity index (χ3n) is 8.49. The molecule has 33 heavy (non-hydrogen) atoms. The molecule has 0 spiro atoms. The maximum absolute atomic E-state index is 13.6. The molecule has 4 rings (SSSR count). The molecule has 1 aliphatic heterocycles. The lowest BCUT2D eigenvalue weighted by atomic mass is 9.80. The Morgan fingerprint density at radius 1 is 1.06 bits per heavy atom. The number of fused-ring (bicyclic) bond motifs is 1. The summed E-state index contributed by atoms with van der Waals surface area (Å²) in [4.78, 5) is 13.0. The van der Waals surface area contributed by atoms with Crippen LogP contribution in [-0.4, -0.2) is 66.3 Å². The molecule has 9 heteroatoms. The van der Waals surface area contributed by atoms with Crippen LogP contribution in [0.15, 0.2) is 0 Å². The monoisotopic (exact) mass is 506 g/mol. The average molecular weight is 507 g/mol. The molecule has 0 radical (unpaired) electrons. The lowest BCUT2D eigenvalue weighted by molar-refractivity contribution is -0.130. The first-order valence-corrected chi connectivity index (χ1v) is 14.8. The van der Waals surface area contributed by atoms with Crippen LogP contribution in [-0.2, 0) is 19.6 Å². The topological polar surface area (TPSA) is 75.7 Å². The smallest absolute Gasteiger partial charge is 0.223 e. The number of carbonyl (C=O) groups is 1. The Morgan fingerprint density at radius 2 is 1.73 bits per heavy atom. The normalized spacial score (nSPS) is 41.7. The molecule has 4 unspecified atom stereocenters. The Bertz CT molecular complexity index is 783. The summed E-state index contributed by atoms with van der Waals surface area (Å²) in [6, 6.07) is -0.322. The summed E-state index contributed by atoms with van der Waals surface area (Å²) >= 11 is 6.23. The third kappa shape index (κ3) is 5.87. The number of halogens is 2. The zero-order chi connectivity index (χ0) is 23.8. The zero-order valence-corrected chi connectivity index (χ0v) is 21.5. The second-order valence-electron chi connectivity index (χ2n) is 10.9. The maximum atomic E-state index is 13.6. The van der Waals surface area contributed by atoms with Gasteiger partial charge in [0.25, 0.3) is 0 Å². The van der Waals surface area contributed by atoms with E-state index in [0.717, 1.165) is 38.5 Å². The highest BCUT2D eigenvalue weighted by atomic mass is 35.5. The van der Waals surface area contributed by atoms with Gasteiger partial charge in [-0.1, -0.05) is 6.92 Å². The van der Waals surface area contributed by atoms with Crippen LogP contribution in [0.3, 0.4) is 0 Å². The predicted octanol–water partition coefficient (Wildman–Crippen LogP) is 4.16. The van der Waals surface area contributed by atoms with Crippen molar-refractivity contribution >= 4 is 27.5 Å². The van der Waals surface area contributed by atoms with Crippen LogP contribution in [0.25, 0.3) is 0 Å². The fourth-order valence-corrected chi connectivity index (χ4v) is 8.89. The van der Waals surface area contributed by atoms with Gasteiger partial charge in [0.2, 0.25) is 15.9 Å². The Kier molecular flexibility index (Phi) is 8.29. The van der Waals surface area contributed by atoms with E-state index in [1.54, 1.807) is 4.31 Å². The predicted molar refractivity (Wildman–Crippen MR) is 127 cm³/mol. The van der Waals surface area contributed by atoms with Crippen LogP contribution in [0.4, 0.5) is 4.39 Å². The molecular formula is C24H40ClFN2O4S. The van der Waals surface area contributed by atoms with Gasteiger partial charge in [-0.3, -0.25) is 4.79 Å². The minimum Gasteiger partial charge on any atom is -0.372 e. The standard InChI is InChI=1S/C24H40ClFN2O4S/c1-15-14-28(33(30,31)21-10-7-19(26)8-11-21)22-13-20(9-12-23(22)32-15)27-24(29)16(2)17-3-5-18(25)6-4-17/h15-23H,3-14H2,1-2H3,(H,27,29)/t15-,16?,17?,18?,19?,20?,21?,22?,23?/m0/s1. The first-order valence-electron chi connectivity index (χ1n) is 12.9. The minimum atomic E-state index is -3.54. The summed E-state index contributed by atoms with van der Waals surface area (Å²) in [5.74, 6) is 0.361. The molecule has 3 saturated carbocycles. The fraction of sp³-hybridized carbons (Fsp3) is 0.958. The van der Waals surface area contributed by atoms with Gasteiger partial charge in [0.05, 0.1) is 23.5 Å². The number of sulfonamides is 1. The molecule has 4 aliphatic rings. The van der Waals surface area contributed by atoms with Crippen molar-refractivity contribution in [3.05, 3.63) is 0 Å². The van der Waals surface area contributed by atoms with E-state index in [0.29, 0.717) is 44.6 Å². The molecule has 0 aromatic rings. The van der Waals surface area contributed by atoms with E-state index < -0.39 is 21.4 Å². The van der Waals surface area contributed by atoms with E-state index in [4.69, 9.17) is 16.3 Å². The number of alkyl halides is 2. The highest BCUT2D eigenvalue weighted by molar-refractivity contribution is 7.89. The molecule has 4 fully saturated rings. The van der Waals surface area contributed by atoms with E-state index in [-0.39, 0.29) is 41.5 Å². The van der Waals surface area contributed by atoms with Crippen LogP contribution >= 0.6 is 11.6 Å². The molecule has 1 N–H and O–H groups in total. The van der Waals surface area contributed by atoms with E-state index >= 15 is 0 Å². The number of ether oxygens (including phenoxy) is 1. The molecule has 3 aliphatic carbocycles. The van der Waals surface area contributed by atoms with Crippen LogP contribution < -0.4 is 5.32 Å². The molecule has 6 nitrogen and oxygen atoms in total. The SMILES string of the molecule is CC(C(=O)NC1CCC2O[C@@H](C)CN(S(=O)(=O)C3CCC(F)CC3)C2C1)C1CCC(Cl)CC1. The highest BCUT2D eigenvalue weighted by Gasteiger charge is 2.47. The summed E-state index contributed by atoms with van der Waals surface area (Å²) in [7, 11) is -3.54. The summed E-state index contributed by atoms with van der Waals surface area (Å²) in [5, 5.41) is 2.95. The van der Waals surface area contributed by atoms with Gasteiger partial charge in [-0.15, -0.1) is 11.6 Å². The van der Waals surface area contributed by atoms with Gasteiger partial charge in [0, 0.05) is 23.9 Å². The molecule has 0 aromatic carbocycles. The van der Waals surface area contributed by atoms with Crippen LogP contribution in [0.5, 0.6) is 0 Å². The Hall–Kier alpha value is -0.440. The molecule has 1 saturated heterocycles. The van der Waals surface area contributed by atoms with Crippen molar-refractivity contribution < 1.29 is 22.3 Å². The number of nitrogens with zero attached hydrogens (tertiary/aromatic N) is 1. The van der Waals surface area contributed by atoms with E-state index in [2.05, 4.69) is 5.32 Å². The van der Waals surface area contributed by atoms with Gasteiger partial charge in [-0.2, -0.15) is 4.31 Å². The van der Waals surface area contributed by atoms with Crippen molar-refractivity contribution in [3.8, 4) is 0 Å². The summed E-state index contributed by atoms with van der Waals surface area (Å²) in [6.07, 6.45) is 6.19. The fourth-order valence-electron chi connectivity index (χ4n) is 6.37. The van der Waals surface area contributed by atoms with Gasteiger partial charge < -0.3 is 10.1 Å². The Labute approximate surface area is 203 Å². The van der Waals surface area contributed by atoms with Crippen molar-refractivity contribution in [3.63, 3.8) is 0 Å². The third-order valence-corrected chi connectivity index (χ3v) is 11.3. The van der Waals surface area contributed by atoms with Gasteiger partial charge in [-0.25, -0.2) is 12.8 Å². The zero-order valence-electron chi connectivity index (χ0n) is 19.9. The second kappa shape index (κ2) is 10.7. The van der Waals surface area contributed by atoms with Crippen molar-refractivity contribution in [2.75, 3.05) is 6.54 Å². The van der Waals surface area contributed by atoms with Gasteiger partial charge in [0.15, 0.2) is 0 Å². The molecule has 0 bridgehead atoms. The van der Waals surface area contributed by atoms with Crippen LogP contribution in [0.2, 0.25) is 0 Å². The van der Waals surface area contributed by atoms with Crippen LogP contribution in [0, 0.1) is 11.8 Å². The minimum absolute atomic E-state index is 0.0538. The average Bonchev–Trinajstić information content (AvgIpc) is 2.79. The molecule has 1 amide bonds. The summed E-state index contributed by atoms with van der Waals surface area (Å²) < 4.78 is 48.6. The maximum Gasteiger partial charge on any atom is 0.223 e. The van der Waals surface area contributed by atoms with Crippen LogP contribution in [0.1, 0.15) is 84.5 Å². The number of amides is 1. The summed E-state index contributed by atoms with van der Waals surface area (Å²) in [5.41, 5.74) is 0. The van der Waals surface area contributed by atoms with E-state index in [1.807, 2.05) is 13.8 Å². The van der Waals surface area contributed by atoms with Gasteiger partial charge >= 0.3 is 0 Å². The van der Waals surface area contributed by atoms with E-state index in [1.165, 1.54) is 0 Å². The largest absolute Gasteiger partial charge is 0.372 e. The highest BCUT2D eigenvalue weighted by Crippen LogP contribution is 2.37. The Morgan fingerprint density at radius 3 is 2.39 bits per heavy atom. The van der Waals surface area contributed by atoms with Crippen molar-refractivity contribution in [2.24, 2.45) is 11.8 Å². The molecule has 0 aromatic heterocycles. The molecule has 190 valence electrons. The number of rotatable bonds is 5. The second-order valence-corrected chi connectivity index (χ2v) is 13.6. The van der Waals surface area contributed by atoms with Gasteiger partial charge in [-0.05, 0) is 83.5 Å². The number of nitrogens with one attached hydrogen (secondary N) is 1. The number of morpholine rings is 1. The van der Waals surface area contributed by atoms with Crippen molar-refractivity contribution in [1.29, 1.82) is 0 Å².